The topological polar surface area (TPSA) is 45.5 Å². The van der Waals surface area contributed by atoms with Gasteiger partial charge in [0.05, 0.1) is 12.5 Å². The van der Waals surface area contributed by atoms with Gasteiger partial charge in [-0.15, -0.1) is 0 Å². The van der Waals surface area contributed by atoms with Crippen LogP contribution in [-0.4, -0.2) is 29.9 Å². The molecule has 4 nitrogen and oxygen atoms in total. The van der Waals surface area contributed by atoms with Gasteiger partial charge in [0.2, 0.25) is 5.91 Å². The molecule has 0 aliphatic carbocycles. The van der Waals surface area contributed by atoms with Crippen LogP contribution in [0.2, 0.25) is 0 Å². The number of fused-ring (bicyclic) bond motifs is 2. The van der Waals surface area contributed by atoms with E-state index in [1.165, 1.54) is 25.7 Å². The maximum Gasteiger partial charge on any atom is 0.222 e. The molecule has 0 radical (unpaired) electrons. The summed E-state index contributed by atoms with van der Waals surface area (Å²) in [6.45, 7) is 0.646. The lowest BCUT2D eigenvalue weighted by Crippen LogP contribution is -2.39. The normalized spacial score (nSPS) is 29.4. The van der Waals surface area contributed by atoms with Crippen molar-refractivity contribution in [3.8, 4) is 0 Å². The van der Waals surface area contributed by atoms with Gasteiger partial charge in [-0.25, -0.2) is 0 Å². The molecule has 2 aliphatic rings. The highest BCUT2D eigenvalue weighted by Gasteiger charge is 2.34. The Morgan fingerprint density at radius 1 is 1.42 bits per heavy atom. The third-order valence-corrected chi connectivity index (χ3v) is 4.46. The maximum absolute atomic E-state index is 12.2. The van der Waals surface area contributed by atoms with Gasteiger partial charge in [0.15, 0.2) is 0 Å². The SMILES string of the molecule is CN(Cc1ccoc1)C(=O)CC1CC2CCC(C1)N2. The molecule has 3 heterocycles. The Balaban J connectivity index is 1.50. The molecule has 2 saturated heterocycles. The number of rotatable bonds is 4. The quantitative estimate of drug-likeness (QED) is 0.904. The lowest BCUT2D eigenvalue weighted by molar-refractivity contribution is -0.131. The summed E-state index contributed by atoms with van der Waals surface area (Å²) >= 11 is 0. The van der Waals surface area contributed by atoms with E-state index in [2.05, 4.69) is 5.32 Å². The standard InChI is InChI=1S/C15H22N2O2/c1-17(9-11-4-5-19-10-11)15(18)8-12-6-13-2-3-14(7-12)16-13/h4-5,10,12-14,16H,2-3,6-9H2,1H3. The number of carbonyl (C=O) groups is 1. The molecule has 1 N–H and O–H groups in total. The second-order valence-electron chi connectivity index (χ2n) is 6.06. The fourth-order valence-electron chi connectivity index (χ4n) is 3.49. The molecule has 1 aromatic rings. The van der Waals surface area contributed by atoms with E-state index in [0.717, 1.165) is 5.56 Å². The van der Waals surface area contributed by atoms with E-state index in [1.807, 2.05) is 18.0 Å². The Morgan fingerprint density at radius 2 is 2.16 bits per heavy atom. The molecule has 0 aromatic carbocycles. The first kappa shape index (κ1) is 12.7. The summed E-state index contributed by atoms with van der Waals surface area (Å²) in [5.41, 5.74) is 1.06. The highest BCUT2D eigenvalue weighted by Crippen LogP contribution is 2.32. The minimum Gasteiger partial charge on any atom is -0.472 e. The minimum absolute atomic E-state index is 0.257. The average Bonchev–Trinajstić information content (AvgIpc) is 2.99. The Hall–Kier alpha value is -1.29. The van der Waals surface area contributed by atoms with Crippen LogP contribution in [0.3, 0.4) is 0 Å². The van der Waals surface area contributed by atoms with Gasteiger partial charge in [0, 0.05) is 37.7 Å². The van der Waals surface area contributed by atoms with Gasteiger partial charge in [-0.2, -0.15) is 0 Å². The van der Waals surface area contributed by atoms with E-state index in [-0.39, 0.29) is 5.91 Å². The number of piperidine rings is 1. The Morgan fingerprint density at radius 3 is 2.79 bits per heavy atom. The van der Waals surface area contributed by atoms with Crippen LogP contribution in [0.15, 0.2) is 23.0 Å². The van der Waals surface area contributed by atoms with Crippen LogP contribution in [0.5, 0.6) is 0 Å². The Kier molecular flexibility index (Phi) is 3.60. The Labute approximate surface area is 114 Å². The fourth-order valence-corrected chi connectivity index (χ4v) is 3.49. The molecule has 1 amide bonds. The van der Waals surface area contributed by atoms with Crippen LogP contribution >= 0.6 is 0 Å². The number of hydrogen-bond acceptors (Lipinski definition) is 3. The first-order valence-corrected chi connectivity index (χ1v) is 7.22. The lowest BCUT2D eigenvalue weighted by atomic mass is 9.89. The molecular weight excluding hydrogens is 240 g/mol. The molecule has 104 valence electrons. The van der Waals surface area contributed by atoms with E-state index < -0.39 is 0 Å². The van der Waals surface area contributed by atoms with Crippen molar-refractivity contribution in [3.63, 3.8) is 0 Å². The van der Waals surface area contributed by atoms with Gasteiger partial charge in [0.1, 0.15) is 0 Å². The molecule has 19 heavy (non-hydrogen) atoms. The highest BCUT2D eigenvalue weighted by molar-refractivity contribution is 5.76. The molecule has 2 unspecified atom stereocenters. The van der Waals surface area contributed by atoms with Crippen molar-refractivity contribution in [2.45, 2.75) is 50.7 Å². The summed E-state index contributed by atoms with van der Waals surface area (Å²) in [5, 5.41) is 3.62. The minimum atomic E-state index is 0.257. The van der Waals surface area contributed by atoms with E-state index in [0.29, 0.717) is 31.0 Å². The number of furan rings is 1. The number of hydrogen-bond donors (Lipinski definition) is 1. The van der Waals surface area contributed by atoms with Crippen LogP contribution < -0.4 is 5.32 Å². The first-order valence-electron chi connectivity index (χ1n) is 7.22. The van der Waals surface area contributed by atoms with Gasteiger partial charge in [-0.05, 0) is 37.7 Å². The van der Waals surface area contributed by atoms with Crippen molar-refractivity contribution in [2.24, 2.45) is 5.92 Å². The van der Waals surface area contributed by atoms with Crippen LogP contribution in [0.1, 0.15) is 37.7 Å². The molecular formula is C15H22N2O2. The average molecular weight is 262 g/mol. The maximum atomic E-state index is 12.2. The predicted octanol–water partition coefficient (Wildman–Crippen LogP) is 2.16. The summed E-state index contributed by atoms with van der Waals surface area (Å²) in [7, 11) is 1.88. The molecule has 0 spiro atoms. The largest absolute Gasteiger partial charge is 0.472 e. The third-order valence-electron chi connectivity index (χ3n) is 4.46. The first-order chi connectivity index (χ1) is 9.20. The second-order valence-corrected chi connectivity index (χ2v) is 6.06. The zero-order valence-electron chi connectivity index (χ0n) is 11.5. The number of nitrogens with zero attached hydrogens (tertiary/aromatic N) is 1. The molecule has 3 rings (SSSR count). The molecule has 2 bridgehead atoms. The van der Waals surface area contributed by atoms with Crippen LogP contribution in [0, 0.1) is 5.92 Å². The molecule has 0 saturated carbocycles. The summed E-state index contributed by atoms with van der Waals surface area (Å²) in [6.07, 6.45) is 8.97. The van der Waals surface area contributed by atoms with Crippen LogP contribution in [0.25, 0.3) is 0 Å². The molecule has 1 aromatic heterocycles. The van der Waals surface area contributed by atoms with Gasteiger partial charge in [-0.3, -0.25) is 4.79 Å². The van der Waals surface area contributed by atoms with Gasteiger partial charge in [-0.1, -0.05) is 0 Å². The second kappa shape index (κ2) is 5.37. The lowest BCUT2D eigenvalue weighted by Gasteiger charge is -2.29. The molecule has 2 aliphatic heterocycles. The van der Waals surface area contributed by atoms with E-state index in [4.69, 9.17) is 4.42 Å². The molecule has 4 heteroatoms. The Bertz CT molecular complexity index is 417. The van der Waals surface area contributed by atoms with Crippen LogP contribution in [-0.2, 0) is 11.3 Å². The summed E-state index contributed by atoms with van der Waals surface area (Å²) < 4.78 is 5.04. The molecule has 2 atom stereocenters. The van der Waals surface area contributed by atoms with Crippen molar-refractivity contribution >= 4 is 5.91 Å². The smallest absolute Gasteiger partial charge is 0.222 e. The summed E-state index contributed by atoms with van der Waals surface area (Å²) in [4.78, 5) is 14.1. The predicted molar refractivity (Wildman–Crippen MR) is 72.5 cm³/mol. The van der Waals surface area contributed by atoms with Crippen LogP contribution in [0.4, 0.5) is 0 Å². The number of amides is 1. The van der Waals surface area contributed by atoms with Crippen molar-refractivity contribution in [1.82, 2.24) is 10.2 Å². The fraction of sp³-hybridized carbons (Fsp3) is 0.667. The van der Waals surface area contributed by atoms with E-state index >= 15 is 0 Å². The number of nitrogens with one attached hydrogen (secondary N) is 1. The summed E-state index contributed by atoms with van der Waals surface area (Å²) in [6, 6.07) is 3.24. The van der Waals surface area contributed by atoms with Crippen molar-refractivity contribution in [2.75, 3.05) is 7.05 Å². The third kappa shape index (κ3) is 3.00. The molecule has 2 fully saturated rings. The summed E-state index contributed by atoms with van der Waals surface area (Å²) in [5.74, 6) is 0.825. The zero-order chi connectivity index (χ0) is 13.2. The van der Waals surface area contributed by atoms with Crippen molar-refractivity contribution in [1.29, 1.82) is 0 Å². The van der Waals surface area contributed by atoms with Gasteiger partial charge >= 0.3 is 0 Å². The van der Waals surface area contributed by atoms with E-state index in [9.17, 15) is 4.79 Å². The van der Waals surface area contributed by atoms with Gasteiger partial charge < -0.3 is 14.6 Å². The van der Waals surface area contributed by atoms with Crippen molar-refractivity contribution < 1.29 is 9.21 Å². The van der Waals surface area contributed by atoms with Crippen molar-refractivity contribution in [3.05, 3.63) is 24.2 Å². The number of carbonyl (C=O) groups excluding carboxylic acids is 1. The highest BCUT2D eigenvalue weighted by atomic mass is 16.3. The van der Waals surface area contributed by atoms with Gasteiger partial charge in [0.25, 0.3) is 0 Å². The monoisotopic (exact) mass is 262 g/mol. The van der Waals surface area contributed by atoms with E-state index in [1.54, 1.807) is 12.5 Å². The zero-order valence-corrected chi connectivity index (χ0v) is 11.5.